The molecule has 1 aromatic heterocycles. The minimum Gasteiger partial charge on any atom is -0.354 e. The van der Waals surface area contributed by atoms with Crippen molar-refractivity contribution in [3.8, 4) is 5.69 Å². The normalized spacial score (nSPS) is 17.2. The third kappa shape index (κ3) is 4.89. The summed E-state index contributed by atoms with van der Waals surface area (Å²) < 4.78 is 58.2. The third-order valence-electron chi connectivity index (χ3n) is 7.02. The Labute approximate surface area is 211 Å². The van der Waals surface area contributed by atoms with Crippen molar-refractivity contribution in [1.29, 1.82) is 0 Å². The van der Waals surface area contributed by atoms with E-state index in [1.165, 1.54) is 40.7 Å². The third-order valence-corrected chi connectivity index (χ3v) is 8.93. The second-order valence-corrected chi connectivity index (χ2v) is 11.3. The van der Waals surface area contributed by atoms with Crippen molar-refractivity contribution in [3.05, 3.63) is 71.4 Å². The molecule has 5 rings (SSSR count). The van der Waals surface area contributed by atoms with Crippen LogP contribution in [0.3, 0.4) is 0 Å². The summed E-state index contributed by atoms with van der Waals surface area (Å²) in [6.45, 7) is 8.39. The molecule has 192 valence electrons. The van der Waals surface area contributed by atoms with Gasteiger partial charge in [-0.05, 0) is 68.8 Å². The zero-order valence-electron chi connectivity index (χ0n) is 20.6. The van der Waals surface area contributed by atoms with Crippen molar-refractivity contribution in [1.82, 2.24) is 19.0 Å². The van der Waals surface area contributed by atoms with Crippen LogP contribution in [0, 0.1) is 18.6 Å². The molecule has 1 saturated carbocycles. The van der Waals surface area contributed by atoms with Gasteiger partial charge in [0.25, 0.3) is 0 Å². The van der Waals surface area contributed by atoms with Crippen LogP contribution in [0.4, 0.5) is 14.6 Å². The van der Waals surface area contributed by atoms with E-state index in [0.717, 1.165) is 56.9 Å². The second kappa shape index (κ2) is 9.91. The molecule has 0 radical (unpaired) electrons. The van der Waals surface area contributed by atoms with Crippen molar-refractivity contribution in [3.63, 3.8) is 0 Å². The zero-order chi connectivity index (χ0) is 25.4. The van der Waals surface area contributed by atoms with E-state index in [-0.39, 0.29) is 23.3 Å². The molecule has 1 aliphatic carbocycles. The Bertz CT molecular complexity index is 1330. The highest BCUT2D eigenvalue weighted by molar-refractivity contribution is 7.89. The van der Waals surface area contributed by atoms with E-state index in [9.17, 15) is 17.2 Å². The number of halogens is 2. The maximum absolute atomic E-state index is 14.2. The molecule has 2 aliphatic rings. The van der Waals surface area contributed by atoms with Gasteiger partial charge in [-0.15, -0.1) is 0 Å². The number of likely N-dealkylation sites (N-methyl/N-ethyl adjacent to an activating group) is 1. The van der Waals surface area contributed by atoms with Crippen LogP contribution in [0.1, 0.15) is 31.0 Å². The SMILES string of the molecule is CCN1CCN(c2c(CN(C3CC3)S(=O)(=O)c3ccc(F)cc3)c(C)nn2-c2cccc(F)c2)CC1. The molecule has 1 saturated heterocycles. The fourth-order valence-electron chi connectivity index (χ4n) is 4.79. The van der Waals surface area contributed by atoms with Crippen LogP contribution in [0.25, 0.3) is 5.69 Å². The average molecular weight is 516 g/mol. The quantitative estimate of drug-likeness (QED) is 0.455. The van der Waals surface area contributed by atoms with Gasteiger partial charge in [-0.25, -0.2) is 21.9 Å². The number of sulfonamides is 1. The van der Waals surface area contributed by atoms with Crippen LogP contribution in [0.5, 0.6) is 0 Å². The first-order chi connectivity index (χ1) is 17.3. The van der Waals surface area contributed by atoms with Crippen molar-refractivity contribution < 1.29 is 17.2 Å². The van der Waals surface area contributed by atoms with E-state index < -0.39 is 15.8 Å². The number of benzene rings is 2. The fourth-order valence-corrected chi connectivity index (χ4v) is 6.44. The molecule has 7 nitrogen and oxygen atoms in total. The number of hydrogen-bond acceptors (Lipinski definition) is 5. The first-order valence-corrected chi connectivity index (χ1v) is 13.8. The Morgan fingerprint density at radius 1 is 1.00 bits per heavy atom. The second-order valence-electron chi connectivity index (χ2n) is 9.44. The minimum absolute atomic E-state index is 0.0732. The number of nitrogens with zero attached hydrogens (tertiary/aromatic N) is 5. The Balaban J connectivity index is 1.57. The number of rotatable bonds is 8. The van der Waals surface area contributed by atoms with E-state index in [1.54, 1.807) is 16.8 Å². The lowest BCUT2D eigenvalue weighted by Crippen LogP contribution is -2.47. The highest BCUT2D eigenvalue weighted by Gasteiger charge is 2.40. The predicted molar refractivity (Wildman–Crippen MR) is 135 cm³/mol. The minimum atomic E-state index is -3.85. The van der Waals surface area contributed by atoms with Crippen LogP contribution < -0.4 is 4.90 Å². The molecule has 0 N–H and O–H groups in total. The van der Waals surface area contributed by atoms with Gasteiger partial charge in [0.1, 0.15) is 17.5 Å². The summed E-state index contributed by atoms with van der Waals surface area (Å²) in [6, 6.07) is 11.1. The van der Waals surface area contributed by atoms with E-state index in [1.807, 2.05) is 6.92 Å². The molecule has 0 unspecified atom stereocenters. The van der Waals surface area contributed by atoms with Gasteiger partial charge in [0, 0.05) is 44.3 Å². The molecule has 3 aromatic rings. The molecule has 36 heavy (non-hydrogen) atoms. The Morgan fingerprint density at radius 2 is 1.69 bits per heavy atom. The van der Waals surface area contributed by atoms with Crippen molar-refractivity contribution in [2.45, 2.75) is 44.2 Å². The molecule has 0 atom stereocenters. The molecular weight excluding hydrogens is 484 g/mol. The summed E-state index contributed by atoms with van der Waals surface area (Å²) in [5.74, 6) is -0.0381. The Morgan fingerprint density at radius 3 is 2.31 bits per heavy atom. The molecule has 10 heteroatoms. The van der Waals surface area contributed by atoms with Crippen LogP contribution in [0.15, 0.2) is 53.4 Å². The number of aromatic nitrogens is 2. The molecule has 0 bridgehead atoms. The van der Waals surface area contributed by atoms with E-state index in [2.05, 4.69) is 16.7 Å². The van der Waals surface area contributed by atoms with Gasteiger partial charge in [0.2, 0.25) is 10.0 Å². The lowest BCUT2D eigenvalue weighted by Gasteiger charge is -2.36. The topological polar surface area (TPSA) is 61.7 Å². The zero-order valence-corrected chi connectivity index (χ0v) is 21.4. The van der Waals surface area contributed by atoms with Crippen LogP contribution in [-0.2, 0) is 16.6 Å². The fraction of sp³-hybridized carbons (Fsp3) is 0.423. The molecule has 2 aromatic carbocycles. The molecule has 0 amide bonds. The lowest BCUT2D eigenvalue weighted by molar-refractivity contribution is 0.269. The van der Waals surface area contributed by atoms with Gasteiger partial charge >= 0.3 is 0 Å². The van der Waals surface area contributed by atoms with E-state index >= 15 is 0 Å². The lowest BCUT2D eigenvalue weighted by atomic mass is 10.2. The van der Waals surface area contributed by atoms with Gasteiger partial charge in [0.05, 0.1) is 16.3 Å². The van der Waals surface area contributed by atoms with Crippen LogP contribution >= 0.6 is 0 Å². The number of hydrogen-bond donors (Lipinski definition) is 0. The molecule has 2 heterocycles. The average Bonchev–Trinajstić information content (AvgIpc) is 3.65. The predicted octanol–water partition coefficient (Wildman–Crippen LogP) is 3.95. The summed E-state index contributed by atoms with van der Waals surface area (Å²) in [4.78, 5) is 4.66. The molecule has 0 spiro atoms. The van der Waals surface area contributed by atoms with Crippen LogP contribution in [-0.4, -0.2) is 66.2 Å². The number of anilines is 1. The summed E-state index contributed by atoms with van der Waals surface area (Å²) in [7, 11) is -3.85. The summed E-state index contributed by atoms with van der Waals surface area (Å²) in [5, 5.41) is 4.76. The first-order valence-electron chi connectivity index (χ1n) is 12.4. The van der Waals surface area contributed by atoms with Crippen molar-refractivity contribution in [2.75, 3.05) is 37.6 Å². The van der Waals surface area contributed by atoms with Gasteiger partial charge < -0.3 is 9.80 Å². The number of piperazine rings is 1. The summed E-state index contributed by atoms with van der Waals surface area (Å²) >= 11 is 0. The Hall–Kier alpha value is -2.82. The maximum Gasteiger partial charge on any atom is 0.243 e. The van der Waals surface area contributed by atoms with Gasteiger partial charge in [-0.2, -0.15) is 9.40 Å². The highest BCUT2D eigenvalue weighted by Crippen LogP contribution is 2.37. The van der Waals surface area contributed by atoms with E-state index in [0.29, 0.717) is 11.4 Å². The largest absolute Gasteiger partial charge is 0.354 e. The van der Waals surface area contributed by atoms with Gasteiger partial charge in [-0.3, -0.25) is 0 Å². The standard InChI is InChI=1S/C26H31F2N5O2S/c1-3-30-13-15-31(16-14-30)26-25(19(2)29-33(26)23-6-4-5-21(28)17-23)18-32(22-9-10-22)36(34,35)24-11-7-20(27)8-12-24/h4-8,11-12,17,22H,3,9-10,13-16,18H2,1-2H3. The van der Waals surface area contributed by atoms with Gasteiger partial charge in [0.15, 0.2) is 0 Å². The van der Waals surface area contributed by atoms with Crippen LogP contribution in [0.2, 0.25) is 0 Å². The smallest absolute Gasteiger partial charge is 0.243 e. The molecule has 1 aliphatic heterocycles. The molecular formula is C26H31F2N5O2S. The highest BCUT2D eigenvalue weighted by atomic mass is 32.2. The monoisotopic (exact) mass is 515 g/mol. The summed E-state index contributed by atoms with van der Waals surface area (Å²) in [5.41, 5.74) is 2.10. The molecule has 2 fully saturated rings. The van der Waals surface area contributed by atoms with Crippen molar-refractivity contribution in [2.24, 2.45) is 0 Å². The van der Waals surface area contributed by atoms with Gasteiger partial charge in [-0.1, -0.05) is 13.0 Å². The number of aryl methyl sites for hydroxylation is 1. The first kappa shape index (κ1) is 24.9. The van der Waals surface area contributed by atoms with Crippen molar-refractivity contribution >= 4 is 15.8 Å². The Kier molecular flexibility index (Phi) is 6.84. The summed E-state index contributed by atoms with van der Waals surface area (Å²) in [6.07, 6.45) is 1.56. The maximum atomic E-state index is 14.2. The van der Waals surface area contributed by atoms with E-state index in [4.69, 9.17) is 5.10 Å².